The van der Waals surface area contributed by atoms with Crippen molar-refractivity contribution >= 4 is 40.1 Å². The van der Waals surface area contributed by atoms with E-state index < -0.39 is 0 Å². The average Bonchev–Trinajstić information content (AvgIpc) is 2.09. The second-order valence-corrected chi connectivity index (χ2v) is 3.90. The van der Waals surface area contributed by atoms with Gasteiger partial charge in [-0.3, -0.25) is 4.79 Å². The molecule has 0 bridgehead atoms. The number of carbonyl (C=O) groups excluding carboxylic acids is 1. The van der Waals surface area contributed by atoms with Crippen molar-refractivity contribution in [1.82, 2.24) is 0 Å². The third-order valence-corrected chi connectivity index (χ3v) is 2.69. The highest BCUT2D eigenvalue weighted by Gasteiger charge is 2.01. The SMILES string of the molecule is O=C(CCl)Sc1ccc(Cl)cc1. The van der Waals surface area contributed by atoms with E-state index in [9.17, 15) is 4.79 Å². The molecule has 0 amide bonds. The lowest BCUT2D eigenvalue weighted by molar-refractivity contribution is -0.108. The van der Waals surface area contributed by atoms with Crippen molar-refractivity contribution in [2.45, 2.75) is 4.90 Å². The summed E-state index contributed by atoms with van der Waals surface area (Å²) in [6.45, 7) is 0. The van der Waals surface area contributed by atoms with E-state index in [0.717, 1.165) is 16.7 Å². The molecule has 0 N–H and O–H groups in total. The number of hydrogen-bond acceptors (Lipinski definition) is 2. The molecule has 0 radical (unpaired) electrons. The number of benzene rings is 1. The molecule has 1 nitrogen and oxygen atoms in total. The van der Waals surface area contributed by atoms with Crippen molar-refractivity contribution in [3.8, 4) is 0 Å². The van der Waals surface area contributed by atoms with E-state index >= 15 is 0 Å². The molecule has 0 saturated heterocycles. The Morgan fingerprint density at radius 1 is 1.33 bits per heavy atom. The van der Waals surface area contributed by atoms with E-state index in [4.69, 9.17) is 23.2 Å². The smallest absolute Gasteiger partial charge is 0.208 e. The predicted octanol–water partition coefficient (Wildman–Crippen LogP) is 3.20. The molecule has 0 fully saturated rings. The van der Waals surface area contributed by atoms with Gasteiger partial charge in [-0.2, -0.15) is 0 Å². The maximum atomic E-state index is 10.9. The summed E-state index contributed by atoms with van der Waals surface area (Å²) in [6, 6.07) is 7.06. The van der Waals surface area contributed by atoms with E-state index in [2.05, 4.69) is 0 Å². The lowest BCUT2D eigenvalue weighted by Gasteiger charge is -1.96. The number of rotatable bonds is 2. The summed E-state index contributed by atoms with van der Waals surface area (Å²) in [4.78, 5) is 11.7. The first-order valence-corrected chi connectivity index (χ1v) is 4.97. The fraction of sp³-hybridized carbons (Fsp3) is 0.125. The second kappa shape index (κ2) is 4.75. The molecule has 0 atom stereocenters. The zero-order valence-electron chi connectivity index (χ0n) is 6.09. The predicted molar refractivity (Wildman–Crippen MR) is 53.0 cm³/mol. The number of alkyl halides is 1. The Balaban J connectivity index is 2.64. The fourth-order valence-electron chi connectivity index (χ4n) is 0.661. The molecule has 0 unspecified atom stereocenters. The van der Waals surface area contributed by atoms with Crippen LogP contribution < -0.4 is 0 Å². The molecule has 0 aliphatic carbocycles. The van der Waals surface area contributed by atoms with Crippen molar-refractivity contribution in [3.05, 3.63) is 29.3 Å². The van der Waals surface area contributed by atoms with E-state index in [1.54, 1.807) is 24.3 Å². The van der Waals surface area contributed by atoms with Crippen LogP contribution in [0.4, 0.5) is 0 Å². The number of hydrogen-bond donors (Lipinski definition) is 0. The van der Waals surface area contributed by atoms with Gasteiger partial charge in [-0.1, -0.05) is 23.4 Å². The average molecular weight is 221 g/mol. The molecule has 0 saturated carbocycles. The molecule has 1 aromatic carbocycles. The minimum atomic E-state index is -0.0565. The van der Waals surface area contributed by atoms with Gasteiger partial charge in [0.1, 0.15) is 0 Å². The Labute approximate surface area is 85.1 Å². The van der Waals surface area contributed by atoms with Crippen LogP contribution in [0.2, 0.25) is 5.02 Å². The van der Waals surface area contributed by atoms with Gasteiger partial charge in [0.2, 0.25) is 5.12 Å². The summed E-state index contributed by atoms with van der Waals surface area (Å²) in [5.41, 5.74) is 0. The van der Waals surface area contributed by atoms with Crippen molar-refractivity contribution in [2.24, 2.45) is 0 Å². The van der Waals surface area contributed by atoms with Gasteiger partial charge in [0.25, 0.3) is 0 Å². The first kappa shape index (κ1) is 9.90. The van der Waals surface area contributed by atoms with Crippen molar-refractivity contribution in [1.29, 1.82) is 0 Å². The first-order chi connectivity index (χ1) is 5.72. The van der Waals surface area contributed by atoms with Gasteiger partial charge in [-0.05, 0) is 24.3 Å². The third-order valence-electron chi connectivity index (χ3n) is 1.15. The van der Waals surface area contributed by atoms with E-state index in [-0.39, 0.29) is 11.0 Å². The summed E-state index contributed by atoms with van der Waals surface area (Å²) >= 11 is 12.1. The Morgan fingerprint density at radius 2 is 1.92 bits per heavy atom. The number of thioether (sulfide) groups is 1. The van der Waals surface area contributed by atoms with Gasteiger partial charge in [0.15, 0.2) is 0 Å². The standard InChI is InChI=1S/C8H6Cl2OS/c9-5-8(11)12-7-3-1-6(10)2-4-7/h1-4H,5H2. The maximum Gasteiger partial charge on any atom is 0.208 e. The van der Waals surface area contributed by atoms with Gasteiger partial charge >= 0.3 is 0 Å². The highest BCUT2D eigenvalue weighted by Crippen LogP contribution is 2.21. The lowest BCUT2D eigenvalue weighted by Crippen LogP contribution is -1.90. The molecule has 4 heteroatoms. The molecular weight excluding hydrogens is 215 g/mol. The highest BCUT2D eigenvalue weighted by atomic mass is 35.5. The largest absolute Gasteiger partial charge is 0.285 e. The molecular formula is C8H6Cl2OS. The van der Waals surface area contributed by atoms with Crippen LogP contribution in [0.5, 0.6) is 0 Å². The van der Waals surface area contributed by atoms with Crippen LogP contribution in [-0.4, -0.2) is 11.0 Å². The number of halogens is 2. The Morgan fingerprint density at radius 3 is 2.42 bits per heavy atom. The van der Waals surface area contributed by atoms with E-state index in [1.165, 1.54) is 0 Å². The molecule has 0 spiro atoms. The quantitative estimate of drug-likeness (QED) is 0.563. The van der Waals surface area contributed by atoms with E-state index in [0.29, 0.717) is 5.02 Å². The Kier molecular flexibility index (Phi) is 3.92. The molecule has 0 aromatic heterocycles. The number of carbonyl (C=O) groups is 1. The lowest BCUT2D eigenvalue weighted by atomic mass is 10.4. The van der Waals surface area contributed by atoms with Crippen molar-refractivity contribution in [2.75, 3.05) is 5.88 Å². The van der Waals surface area contributed by atoms with Crippen LogP contribution in [0.1, 0.15) is 0 Å². The molecule has 12 heavy (non-hydrogen) atoms. The summed E-state index contributed by atoms with van der Waals surface area (Å²) in [6.07, 6.45) is 0. The van der Waals surface area contributed by atoms with Crippen LogP contribution in [-0.2, 0) is 4.79 Å². The normalized spacial score (nSPS) is 9.83. The third kappa shape index (κ3) is 3.05. The Hall–Kier alpha value is -0.180. The second-order valence-electron chi connectivity index (χ2n) is 2.06. The molecule has 1 aromatic rings. The van der Waals surface area contributed by atoms with Crippen molar-refractivity contribution < 1.29 is 4.79 Å². The van der Waals surface area contributed by atoms with Gasteiger partial charge in [0.05, 0.1) is 5.88 Å². The Bertz CT molecular complexity index is 271. The monoisotopic (exact) mass is 220 g/mol. The minimum absolute atomic E-state index is 0.0350. The highest BCUT2D eigenvalue weighted by molar-refractivity contribution is 8.13. The van der Waals surface area contributed by atoms with Crippen LogP contribution in [0.3, 0.4) is 0 Å². The zero-order valence-corrected chi connectivity index (χ0v) is 8.42. The molecule has 0 aliphatic rings. The topological polar surface area (TPSA) is 17.1 Å². The fourth-order valence-corrected chi connectivity index (χ4v) is 1.54. The zero-order chi connectivity index (χ0) is 8.97. The van der Waals surface area contributed by atoms with Gasteiger partial charge in [-0.25, -0.2) is 0 Å². The van der Waals surface area contributed by atoms with Gasteiger partial charge in [-0.15, -0.1) is 11.6 Å². The van der Waals surface area contributed by atoms with Crippen LogP contribution in [0.15, 0.2) is 29.2 Å². The van der Waals surface area contributed by atoms with Crippen LogP contribution >= 0.6 is 35.0 Å². The summed E-state index contributed by atoms with van der Waals surface area (Å²) in [7, 11) is 0. The first-order valence-electron chi connectivity index (χ1n) is 3.24. The summed E-state index contributed by atoms with van der Waals surface area (Å²) in [5.74, 6) is 0.0350. The van der Waals surface area contributed by atoms with Crippen LogP contribution in [0.25, 0.3) is 0 Å². The minimum Gasteiger partial charge on any atom is -0.285 e. The molecule has 0 heterocycles. The molecule has 0 aliphatic heterocycles. The van der Waals surface area contributed by atoms with Gasteiger partial charge in [0, 0.05) is 9.92 Å². The van der Waals surface area contributed by atoms with Crippen LogP contribution in [0, 0.1) is 0 Å². The molecule has 1 rings (SSSR count). The maximum absolute atomic E-state index is 10.9. The summed E-state index contributed by atoms with van der Waals surface area (Å²) in [5, 5.41) is 0.608. The molecule has 64 valence electrons. The van der Waals surface area contributed by atoms with Gasteiger partial charge < -0.3 is 0 Å². The summed E-state index contributed by atoms with van der Waals surface area (Å²) < 4.78 is 0. The van der Waals surface area contributed by atoms with E-state index in [1.807, 2.05) is 0 Å². The van der Waals surface area contributed by atoms with Crippen molar-refractivity contribution in [3.63, 3.8) is 0 Å².